The Morgan fingerprint density at radius 2 is 1.90 bits per heavy atom. The number of rotatable bonds is 2. The third-order valence-corrected chi connectivity index (χ3v) is 3.53. The maximum atomic E-state index is 11.3. The Labute approximate surface area is 125 Å². The van der Waals surface area contributed by atoms with Gasteiger partial charge in [0.25, 0.3) is 5.91 Å². The lowest BCUT2D eigenvalue weighted by molar-refractivity contribution is 0.0996. The average Bonchev–Trinajstić information content (AvgIpc) is 2.91. The number of nitrogens with one attached hydrogen (secondary N) is 1. The van der Waals surface area contributed by atoms with Gasteiger partial charge in [0.15, 0.2) is 0 Å². The van der Waals surface area contributed by atoms with Gasteiger partial charge in [-0.3, -0.25) is 4.79 Å². The first-order valence-corrected chi connectivity index (χ1v) is 6.59. The minimum atomic E-state index is -0.535. The van der Waals surface area contributed by atoms with Crippen molar-refractivity contribution in [3.63, 3.8) is 0 Å². The molecule has 3 aromatic rings. The van der Waals surface area contributed by atoms with E-state index >= 15 is 0 Å². The number of primary amides is 1. The molecule has 1 amide bonds. The predicted molar refractivity (Wildman–Crippen MR) is 82.0 cm³/mol. The number of aromatic nitrogens is 1. The highest BCUT2D eigenvalue weighted by Crippen LogP contribution is 2.31. The zero-order valence-electron chi connectivity index (χ0n) is 10.9. The molecular formula is C16H10ClN3O. The van der Waals surface area contributed by atoms with Crippen molar-refractivity contribution in [2.75, 3.05) is 0 Å². The van der Waals surface area contributed by atoms with Gasteiger partial charge in [-0.25, -0.2) is 0 Å². The van der Waals surface area contributed by atoms with Crippen molar-refractivity contribution >= 4 is 28.4 Å². The van der Waals surface area contributed by atoms with E-state index in [9.17, 15) is 4.79 Å². The molecule has 0 aliphatic carbocycles. The van der Waals surface area contributed by atoms with E-state index in [1.54, 1.807) is 30.3 Å². The molecular weight excluding hydrogens is 286 g/mol. The summed E-state index contributed by atoms with van der Waals surface area (Å²) in [5, 5.41) is 10.6. The number of benzene rings is 2. The van der Waals surface area contributed by atoms with Crippen LogP contribution in [0.25, 0.3) is 22.0 Å². The van der Waals surface area contributed by atoms with Crippen LogP contribution < -0.4 is 5.73 Å². The number of nitriles is 1. The van der Waals surface area contributed by atoms with E-state index in [0.717, 1.165) is 22.0 Å². The zero-order valence-corrected chi connectivity index (χ0v) is 11.6. The second-order valence-electron chi connectivity index (χ2n) is 4.65. The molecule has 2 aromatic carbocycles. The van der Waals surface area contributed by atoms with Gasteiger partial charge in [0.1, 0.15) is 5.69 Å². The second kappa shape index (κ2) is 4.97. The minimum Gasteiger partial charge on any atom is -0.364 e. The van der Waals surface area contributed by atoms with E-state index < -0.39 is 5.91 Å². The number of carbonyl (C=O) groups is 1. The van der Waals surface area contributed by atoms with Gasteiger partial charge < -0.3 is 10.7 Å². The third-order valence-electron chi connectivity index (χ3n) is 3.28. The molecule has 0 bridgehead atoms. The van der Waals surface area contributed by atoms with Gasteiger partial charge in [0.05, 0.1) is 17.1 Å². The minimum absolute atomic E-state index is 0.315. The molecule has 21 heavy (non-hydrogen) atoms. The average molecular weight is 296 g/mol. The quantitative estimate of drug-likeness (QED) is 0.759. The summed E-state index contributed by atoms with van der Waals surface area (Å²) in [5.74, 6) is -0.535. The number of amides is 1. The van der Waals surface area contributed by atoms with Gasteiger partial charge in [-0.1, -0.05) is 23.7 Å². The number of hydrogen-bond acceptors (Lipinski definition) is 2. The second-order valence-corrected chi connectivity index (χ2v) is 5.09. The zero-order chi connectivity index (χ0) is 15.0. The molecule has 5 heteroatoms. The fraction of sp³-hybridized carbons (Fsp3) is 0. The fourth-order valence-electron chi connectivity index (χ4n) is 2.30. The summed E-state index contributed by atoms with van der Waals surface area (Å²) in [6.45, 7) is 0. The van der Waals surface area contributed by atoms with Crippen LogP contribution in [-0.4, -0.2) is 10.9 Å². The Balaban J connectivity index is 2.31. The van der Waals surface area contributed by atoms with Crippen molar-refractivity contribution in [2.45, 2.75) is 0 Å². The first kappa shape index (κ1) is 13.2. The molecule has 3 N–H and O–H groups in total. The number of nitrogens with zero attached hydrogens (tertiary/aromatic N) is 1. The Kier molecular flexibility index (Phi) is 3.13. The molecule has 0 unspecified atom stereocenters. The van der Waals surface area contributed by atoms with Crippen molar-refractivity contribution in [1.82, 2.24) is 4.98 Å². The molecule has 4 nitrogen and oxygen atoms in total. The van der Waals surface area contributed by atoms with Gasteiger partial charge in [-0.2, -0.15) is 5.26 Å². The summed E-state index contributed by atoms with van der Waals surface area (Å²) in [5.41, 5.74) is 8.63. The van der Waals surface area contributed by atoms with Crippen molar-refractivity contribution < 1.29 is 4.79 Å². The third kappa shape index (κ3) is 2.35. The molecule has 1 heterocycles. The smallest absolute Gasteiger partial charge is 0.265 e. The monoisotopic (exact) mass is 295 g/mol. The maximum absolute atomic E-state index is 11.3. The van der Waals surface area contributed by atoms with Crippen LogP contribution >= 0.6 is 11.6 Å². The van der Waals surface area contributed by atoms with Gasteiger partial charge in [0.2, 0.25) is 0 Å². The number of hydrogen-bond donors (Lipinski definition) is 2. The van der Waals surface area contributed by atoms with Crippen LogP contribution in [0.3, 0.4) is 0 Å². The standard InChI is InChI=1S/C16H10ClN3O/c17-12-3-1-10(2-4-12)13-6-9(8-18)5-11-7-14(16(19)21)20-15(11)13/h1-7,20H,(H2,19,21). The SMILES string of the molecule is N#Cc1cc(-c2ccc(Cl)cc2)c2[nH]c(C(N)=O)cc2c1. The van der Waals surface area contributed by atoms with E-state index in [4.69, 9.17) is 22.6 Å². The van der Waals surface area contributed by atoms with Crippen molar-refractivity contribution in [2.24, 2.45) is 5.73 Å². The van der Waals surface area contributed by atoms with E-state index in [-0.39, 0.29) is 0 Å². The molecule has 0 saturated heterocycles. The summed E-state index contributed by atoms with van der Waals surface area (Å²) in [6.07, 6.45) is 0. The van der Waals surface area contributed by atoms with Crippen molar-refractivity contribution in [3.8, 4) is 17.2 Å². The van der Waals surface area contributed by atoms with Gasteiger partial charge in [-0.05, 0) is 35.9 Å². The maximum Gasteiger partial charge on any atom is 0.265 e. The predicted octanol–water partition coefficient (Wildman–Crippen LogP) is 3.46. The largest absolute Gasteiger partial charge is 0.364 e. The first-order valence-electron chi connectivity index (χ1n) is 6.21. The first-order chi connectivity index (χ1) is 10.1. The lowest BCUT2D eigenvalue weighted by Crippen LogP contribution is -2.10. The molecule has 0 radical (unpaired) electrons. The molecule has 0 saturated carbocycles. The fourth-order valence-corrected chi connectivity index (χ4v) is 2.42. The van der Waals surface area contributed by atoms with Gasteiger partial charge in [-0.15, -0.1) is 0 Å². The van der Waals surface area contributed by atoms with Crippen LogP contribution in [0.4, 0.5) is 0 Å². The highest BCUT2D eigenvalue weighted by atomic mass is 35.5. The number of nitrogens with two attached hydrogens (primary N) is 1. The van der Waals surface area contributed by atoms with Crippen LogP contribution in [0, 0.1) is 11.3 Å². The molecule has 0 spiro atoms. The summed E-state index contributed by atoms with van der Waals surface area (Å²) < 4.78 is 0. The Morgan fingerprint density at radius 3 is 2.52 bits per heavy atom. The van der Waals surface area contributed by atoms with E-state index in [1.165, 1.54) is 0 Å². The lowest BCUT2D eigenvalue weighted by atomic mass is 10.0. The van der Waals surface area contributed by atoms with E-state index in [1.807, 2.05) is 12.1 Å². The normalized spacial score (nSPS) is 10.5. The molecule has 0 fully saturated rings. The molecule has 1 aromatic heterocycles. The molecule has 0 atom stereocenters. The van der Waals surface area contributed by atoms with Crippen molar-refractivity contribution in [3.05, 3.63) is 58.7 Å². The van der Waals surface area contributed by atoms with Crippen LogP contribution in [-0.2, 0) is 0 Å². The number of aromatic amines is 1. The van der Waals surface area contributed by atoms with Crippen LogP contribution in [0.1, 0.15) is 16.1 Å². The van der Waals surface area contributed by atoms with Crippen LogP contribution in [0.2, 0.25) is 5.02 Å². The Hall–Kier alpha value is -2.77. The van der Waals surface area contributed by atoms with Crippen LogP contribution in [0.15, 0.2) is 42.5 Å². The number of carbonyl (C=O) groups excluding carboxylic acids is 1. The van der Waals surface area contributed by atoms with Gasteiger partial charge >= 0.3 is 0 Å². The molecule has 102 valence electrons. The van der Waals surface area contributed by atoms with E-state index in [0.29, 0.717) is 16.3 Å². The van der Waals surface area contributed by atoms with Crippen LogP contribution in [0.5, 0.6) is 0 Å². The number of halogens is 1. The highest BCUT2D eigenvalue weighted by molar-refractivity contribution is 6.30. The highest BCUT2D eigenvalue weighted by Gasteiger charge is 2.12. The summed E-state index contributed by atoms with van der Waals surface area (Å²) in [4.78, 5) is 14.3. The molecule has 0 aliphatic heterocycles. The summed E-state index contributed by atoms with van der Waals surface area (Å²) >= 11 is 5.90. The summed E-state index contributed by atoms with van der Waals surface area (Å²) in [6, 6.07) is 14.5. The lowest BCUT2D eigenvalue weighted by Gasteiger charge is -2.05. The Morgan fingerprint density at radius 1 is 1.19 bits per heavy atom. The Bertz CT molecular complexity index is 888. The number of fused-ring (bicyclic) bond motifs is 1. The topological polar surface area (TPSA) is 82.7 Å². The van der Waals surface area contributed by atoms with E-state index in [2.05, 4.69) is 11.1 Å². The molecule has 0 aliphatic rings. The summed E-state index contributed by atoms with van der Waals surface area (Å²) in [7, 11) is 0. The van der Waals surface area contributed by atoms with Gasteiger partial charge in [0, 0.05) is 16.0 Å². The molecule has 3 rings (SSSR count). The number of H-pyrrole nitrogens is 1. The van der Waals surface area contributed by atoms with Crippen molar-refractivity contribution in [1.29, 1.82) is 5.26 Å².